The molecule has 2 aromatic carbocycles. The van der Waals surface area contributed by atoms with E-state index in [1.54, 1.807) is 23.6 Å². The fourth-order valence-electron chi connectivity index (χ4n) is 6.64. The van der Waals surface area contributed by atoms with Crippen LogP contribution in [-0.4, -0.2) is 69.0 Å². The third kappa shape index (κ3) is 8.18. The second kappa shape index (κ2) is 14.8. The van der Waals surface area contributed by atoms with Crippen molar-refractivity contribution in [3.8, 4) is 28.5 Å². The van der Waals surface area contributed by atoms with Gasteiger partial charge in [-0.25, -0.2) is 14.4 Å². The first-order valence-electron chi connectivity index (χ1n) is 16.4. The summed E-state index contributed by atoms with van der Waals surface area (Å²) in [5.74, 6) is -0.750. The number of nitrogens with zero attached hydrogens (tertiary/aromatic N) is 3. The Labute approximate surface area is 283 Å². The van der Waals surface area contributed by atoms with Crippen LogP contribution < -0.4 is 20.7 Å². The summed E-state index contributed by atoms with van der Waals surface area (Å²) in [6, 6.07) is 14.6. The molecule has 252 valence electrons. The molecule has 4 N–H and O–H groups in total. The lowest BCUT2D eigenvalue weighted by molar-refractivity contribution is 0.0888. The van der Waals surface area contributed by atoms with Gasteiger partial charge in [0.1, 0.15) is 28.6 Å². The molecule has 1 aliphatic heterocycles. The van der Waals surface area contributed by atoms with Crippen LogP contribution in [0, 0.1) is 12.7 Å². The van der Waals surface area contributed by atoms with Crippen molar-refractivity contribution >= 4 is 23.2 Å². The number of ether oxygens (including phenoxy) is 1. The maximum absolute atomic E-state index is 14.3. The summed E-state index contributed by atoms with van der Waals surface area (Å²) in [4.78, 5) is 36.6. The third-order valence-corrected chi connectivity index (χ3v) is 9.59. The Bertz CT molecular complexity index is 1760. The van der Waals surface area contributed by atoms with Gasteiger partial charge in [-0.3, -0.25) is 14.5 Å². The number of piperazine rings is 1. The zero-order valence-corrected chi connectivity index (χ0v) is 28.1. The predicted molar refractivity (Wildman–Crippen MR) is 183 cm³/mol. The van der Waals surface area contributed by atoms with Gasteiger partial charge in [0.05, 0.1) is 11.2 Å². The van der Waals surface area contributed by atoms with Crippen molar-refractivity contribution in [3.63, 3.8) is 0 Å². The third-order valence-electron chi connectivity index (χ3n) is 8.82. The van der Waals surface area contributed by atoms with Crippen molar-refractivity contribution < 1.29 is 23.8 Å². The summed E-state index contributed by atoms with van der Waals surface area (Å²) >= 11 is 1.43. The first-order valence-corrected chi connectivity index (χ1v) is 17.3. The minimum Gasteiger partial charge on any atom is -0.507 e. The topological polar surface area (TPSA) is 129 Å². The van der Waals surface area contributed by atoms with Gasteiger partial charge in [0.15, 0.2) is 0 Å². The second-order valence-electron chi connectivity index (χ2n) is 12.9. The molecule has 0 bridgehead atoms. The van der Waals surface area contributed by atoms with E-state index in [9.17, 15) is 19.1 Å². The highest BCUT2D eigenvalue weighted by molar-refractivity contribution is 7.09. The smallest absolute Gasteiger partial charge is 0.270 e. The number of carbonyl (C=O) groups is 2. The molecular formula is C36H41FN6O4S. The Hall–Kier alpha value is -4.39. The maximum atomic E-state index is 14.3. The fraction of sp³-hybridized carbons (Fsp3) is 0.389. The lowest BCUT2D eigenvalue weighted by atomic mass is 9.91. The van der Waals surface area contributed by atoms with E-state index in [1.165, 1.54) is 11.3 Å². The Morgan fingerprint density at radius 1 is 1.02 bits per heavy atom. The van der Waals surface area contributed by atoms with Gasteiger partial charge in [0, 0.05) is 60.3 Å². The molecule has 0 spiro atoms. The molecule has 0 radical (unpaired) electrons. The van der Waals surface area contributed by atoms with Crippen LogP contribution in [0.2, 0.25) is 0 Å². The van der Waals surface area contributed by atoms with Gasteiger partial charge in [-0.1, -0.05) is 30.3 Å². The van der Waals surface area contributed by atoms with Gasteiger partial charge in [-0.2, -0.15) is 0 Å². The number of aryl methyl sites for hydroxylation is 1. The average Bonchev–Trinajstić information content (AvgIpc) is 3.50. The number of rotatable bonds is 9. The first kappa shape index (κ1) is 33.5. The van der Waals surface area contributed by atoms with E-state index in [0.717, 1.165) is 41.5 Å². The number of thiazole rings is 1. The summed E-state index contributed by atoms with van der Waals surface area (Å²) in [7, 11) is 0. The summed E-state index contributed by atoms with van der Waals surface area (Å²) in [6.07, 6.45) is 3.71. The van der Waals surface area contributed by atoms with Gasteiger partial charge in [0.25, 0.3) is 11.8 Å². The summed E-state index contributed by atoms with van der Waals surface area (Å²) in [5, 5.41) is 23.4. The Morgan fingerprint density at radius 2 is 1.71 bits per heavy atom. The maximum Gasteiger partial charge on any atom is 0.270 e. The second-order valence-corrected chi connectivity index (χ2v) is 13.9. The minimum absolute atomic E-state index is 0.00994. The number of para-hydroxylation sites is 1. The largest absolute Gasteiger partial charge is 0.507 e. The number of hydrogen-bond acceptors (Lipinski definition) is 9. The van der Waals surface area contributed by atoms with Gasteiger partial charge >= 0.3 is 0 Å². The van der Waals surface area contributed by atoms with Crippen molar-refractivity contribution in [3.05, 3.63) is 87.8 Å². The molecule has 2 fully saturated rings. The van der Waals surface area contributed by atoms with E-state index in [0.29, 0.717) is 61.3 Å². The van der Waals surface area contributed by atoms with Crippen molar-refractivity contribution in [2.45, 2.75) is 77.2 Å². The fourth-order valence-corrected chi connectivity index (χ4v) is 7.24. The molecule has 2 amide bonds. The standard InChI is InChI=1S/C36H41FN6O4S/c1-21-17-43(18-22(2)39-21)19-25-7-5-9-30(33(25)44)24-6-4-8-29(14-24)47-36-31(15-26(37)16-38-36)34(45)41-27-10-12-28(13-11-27)42-35(46)32-20-48-23(3)40-32/h4-9,14-16,20-22,27-28,39,44H,10-13,17-19H2,1-3H3,(H,41,45)(H,42,46)/t21-,22+,27-,28-. The molecule has 4 aromatic rings. The van der Waals surface area contributed by atoms with Crippen LogP contribution in [0.5, 0.6) is 17.4 Å². The molecule has 10 nitrogen and oxygen atoms in total. The minimum atomic E-state index is -0.653. The Balaban J connectivity index is 1.11. The number of benzene rings is 2. The molecule has 2 aromatic heterocycles. The van der Waals surface area contributed by atoms with Crippen LogP contribution in [0.3, 0.4) is 0 Å². The molecule has 48 heavy (non-hydrogen) atoms. The van der Waals surface area contributed by atoms with E-state index in [2.05, 4.69) is 44.7 Å². The number of carbonyl (C=O) groups excluding carboxylic acids is 2. The molecule has 1 saturated heterocycles. The van der Waals surface area contributed by atoms with Crippen molar-refractivity contribution in [1.82, 2.24) is 30.8 Å². The van der Waals surface area contributed by atoms with Gasteiger partial charge in [0.2, 0.25) is 5.88 Å². The van der Waals surface area contributed by atoms with E-state index in [4.69, 9.17) is 4.74 Å². The zero-order valence-electron chi connectivity index (χ0n) is 27.3. The number of pyridine rings is 1. The molecule has 12 heteroatoms. The van der Waals surface area contributed by atoms with Crippen LogP contribution in [-0.2, 0) is 6.54 Å². The first-order chi connectivity index (χ1) is 23.1. The molecule has 2 atom stereocenters. The average molecular weight is 673 g/mol. The van der Waals surface area contributed by atoms with Crippen LogP contribution >= 0.6 is 11.3 Å². The van der Waals surface area contributed by atoms with E-state index >= 15 is 0 Å². The van der Waals surface area contributed by atoms with Crippen molar-refractivity contribution in [2.24, 2.45) is 0 Å². The Kier molecular flexibility index (Phi) is 10.3. The van der Waals surface area contributed by atoms with Crippen LogP contribution in [0.1, 0.15) is 70.9 Å². The summed E-state index contributed by atoms with van der Waals surface area (Å²) in [5.41, 5.74) is 2.64. The number of phenolic OH excluding ortho intramolecular Hbond substituents is 1. The summed E-state index contributed by atoms with van der Waals surface area (Å²) < 4.78 is 20.4. The molecular weight excluding hydrogens is 631 g/mol. The molecule has 2 aliphatic rings. The molecule has 1 aliphatic carbocycles. The predicted octanol–water partition coefficient (Wildman–Crippen LogP) is 5.80. The number of amides is 2. The van der Waals surface area contributed by atoms with E-state index in [1.807, 2.05) is 31.2 Å². The summed E-state index contributed by atoms with van der Waals surface area (Å²) in [6.45, 7) is 8.60. The molecule has 0 unspecified atom stereocenters. The zero-order chi connectivity index (χ0) is 33.8. The number of phenols is 1. The highest BCUT2D eigenvalue weighted by Crippen LogP contribution is 2.36. The van der Waals surface area contributed by atoms with Crippen LogP contribution in [0.4, 0.5) is 4.39 Å². The Morgan fingerprint density at radius 3 is 2.40 bits per heavy atom. The molecule has 6 rings (SSSR count). The number of aromatic hydroxyl groups is 1. The highest BCUT2D eigenvalue weighted by atomic mass is 32.1. The molecule has 1 saturated carbocycles. The SMILES string of the molecule is Cc1nc(C(=O)N[C@H]2CC[C@H](NC(=O)c3cc(F)cnc3Oc3cccc(-c4cccc(CN5C[C@@H](C)N[C@@H](C)C5)c4O)c3)CC2)cs1. The van der Waals surface area contributed by atoms with E-state index in [-0.39, 0.29) is 35.2 Å². The van der Waals surface area contributed by atoms with Crippen molar-refractivity contribution in [2.75, 3.05) is 13.1 Å². The van der Waals surface area contributed by atoms with E-state index < -0.39 is 11.7 Å². The van der Waals surface area contributed by atoms with Crippen LogP contribution in [0.25, 0.3) is 11.1 Å². The van der Waals surface area contributed by atoms with Gasteiger partial charge in [-0.15, -0.1) is 11.3 Å². The number of aromatic nitrogens is 2. The van der Waals surface area contributed by atoms with Crippen molar-refractivity contribution in [1.29, 1.82) is 0 Å². The number of hydrogen-bond donors (Lipinski definition) is 4. The quantitative estimate of drug-likeness (QED) is 0.176. The van der Waals surface area contributed by atoms with Crippen LogP contribution in [0.15, 0.2) is 60.1 Å². The lowest BCUT2D eigenvalue weighted by Crippen LogP contribution is -2.53. The van der Waals surface area contributed by atoms with Gasteiger partial charge < -0.3 is 25.8 Å². The monoisotopic (exact) mass is 672 g/mol. The van der Waals surface area contributed by atoms with Gasteiger partial charge in [-0.05, 0) is 70.2 Å². The molecule has 3 heterocycles. The normalized spacial score (nSPS) is 21.4. The number of halogens is 1. The number of nitrogens with one attached hydrogen (secondary N) is 3. The highest BCUT2D eigenvalue weighted by Gasteiger charge is 2.27. The lowest BCUT2D eigenvalue weighted by Gasteiger charge is -2.36.